The lowest BCUT2D eigenvalue weighted by Crippen LogP contribution is -1.95. The Hall–Kier alpha value is -0.610. The van der Waals surface area contributed by atoms with Gasteiger partial charge in [0.05, 0.1) is 0 Å². The molecule has 0 fully saturated rings. The minimum absolute atomic E-state index is 0.167. The van der Waals surface area contributed by atoms with Gasteiger partial charge >= 0.3 is 0 Å². The zero-order chi connectivity index (χ0) is 8.27. The Labute approximate surface area is 69.5 Å². The molecule has 1 atom stereocenters. The van der Waals surface area contributed by atoms with Crippen LogP contribution in [0.1, 0.15) is 24.8 Å². The first-order valence-corrected chi connectivity index (χ1v) is 3.72. The summed E-state index contributed by atoms with van der Waals surface area (Å²) in [5, 5.41) is 7.41. The van der Waals surface area contributed by atoms with Gasteiger partial charge in [0.1, 0.15) is 12.0 Å². The van der Waals surface area contributed by atoms with Gasteiger partial charge in [0, 0.05) is 7.11 Å². The number of alkyl halides is 1. The monoisotopic (exact) mass is 176 g/mol. The molecule has 62 valence electrons. The van der Waals surface area contributed by atoms with E-state index in [0.717, 1.165) is 0 Å². The molecule has 0 spiro atoms. The lowest BCUT2D eigenvalue weighted by atomic mass is 10.4. The molecule has 4 nitrogen and oxygen atoms in total. The molecule has 1 aromatic rings. The summed E-state index contributed by atoms with van der Waals surface area (Å²) in [4.78, 5) is 0. The van der Waals surface area contributed by atoms with Gasteiger partial charge in [0.2, 0.25) is 11.8 Å². The van der Waals surface area contributed by atoms with Crippen molar-refractivity contribution in [3.63, 3.8) is 0 Å². The van der Waals surface area contributed by atoms with Gasteiger partial charge in [-0.3, -0.25) is 0 Å². The lowest BCUT2D eigenvalue weighted by molar-refractivity contribution is 0.0938. The fraction of sp³-hybridized carbons (Fsp3) is 0.667. The quantitative estimate of drug-likeness (QED) is 0.656. The maximum atomic E-state index is 5.45. The van der Waals surface area contributed by atoms with Crippen molar-refractivity contribution in [2.75, 3.05) is 7.11 Å². The molecule has 1 aromatic heterocycles. The van der Waals surface area contributed by atoms with Crippen LogP contribution in [0.3, 0.4) is 0 Å². The van der Waals surface area contributed by atoms with Gasteiger partial charge in [-0.25, -0.2) is 0 Å². The lowest BCUT2D eigenvalue weighted by Gasteiger charge is -2.00. The van der Waals surface area contributed by atoms with Gasteiger partial charge in [0.15, 0.2) is 0 Å². The van der Waals surface area contributed by atoms with E-state index in [1.54, 1.807) is 7.11 Å². The molecule has 0 saturated carbocycles. The predicted octanol–water partition coefficient (Wildman–Crippen LogP) is 1.52. The van der Waals surface area contributed by atoms with Crippen molar-refractivity contribution in [1.82, 2.24) is 10.2 Å². The fourth-order valence-electron chi connectivity index (χ4n) is 0.586. The summed E-state index contributed by atoms with van der Waals surface area (Å²) in [7, 11) is 1.58. The number of methoxy groups -OCH3 is 1. The third-order valence-electron chi connectivity index (χ3n) is 1.30. The van der Waals surface area contributed by atoms with E-state index in [0.29, 0.717) is 11.8 Å². The first kappa shape index (κ1) is 8.49. The Morgan fingerprint density at radius 1 is 1.64 bits per heavy atom. The van der Waals surface area contributed by atoms with Gasteiger partial charge in [-0.2, -0.15) is 0 Å². The number of ether oxygens (including phenoxy) is 1. The average molecular weight is 177 g/mol. The SMILES string of the molecule is COC(C)c1nnc(CCl)o1. The van der Waals surface area contributed by atoms with Gasteiger partial charge in [-0.05, 0) is 6.92 Å². The molecule has 1 heterocycles. The van der Waals surface area contributed by atoms with Gasteiger partial charge in [-0.15, -0.1) is 21.8 Å². The van der Waals surface area contributed by atoms with Gasteiger partial charge in [0.25, 0.3) is 0 Å². The topological polar surface area (TPSA) is 48.2 Å². The van der Waals surface area contributed by atoms with Gasteiger partial charge in [-0.1, -0.05) is 0 Å². The van der Waals surface area contributed by atoms with Crippen LogP contribution in [0.15, 0.2) is 4.42 Å². The highest BCUT2D eigenvalue weighted by molar-refractivity contribution is 6.16. The molecule has 1 rings (SSSR count). The van der Waals surface area contributed by atoms with E-state index in [-0.39, 0.29) is 12.0 Å². The van der Waals surface area contributed by atoms with E-state index in [1.807, 2.05) is 6.92 Å². The highest BCUT2D eigenvalue weighted by atomic mass is 35.5. The normalized spacial score (nSPS) is 13.4. The van der Waals surface area contributed by atoms with Crippen molar-refractivity contribution in [2.45, 2.75) is 18.9 Å². The number of nitrogens with zero attached hydrogens (tertiary/aromatic N) is 2. The molecule has 5 heteroatoms. The molecule has 0 bridgehead atoms. The number of rotatable bonds is 3. The van der Waals surface area contributed by atoms with Crippen molar-refractivity contribution in [2.24, 2.45) is 0 Å². The van der Waals surface area contributed by atoms with Gasteiger partial charge < -0.3 is 9.15 Å². The molecule has 0 N–H and O–H groups in total. The van der Waals surface area contributed by atoms with E-state index in [4.69, 9.17) is 20.8 Å². The molecular formula is C6H9ClN2O2. The molecule has 0 amide bonds. The molecule has 0 aliphatic heterocycles. The van der Waals surface area contributed by atoms with E-state index in [1.165, 1.54) is 0 Å². The van der Waals surface area contributed by atoms with E-state index < -0.39 is 0 Å². The predicted molar refractivity (Wildman–Crippen MR) is 39.3 cm³/mol. The molecule has 0 aromatic carbocycles. The highest BCUT2D eigenvalue weighted by Gasteiger charge is 2.11. The fourth-order valence-corrected chi connectivity index (χ4v) is 0.694. The third-order valence-corrected chi connectivity index (χ3v) is 1.53. The second-order valence-corrected chi connectivity index (χ2v) is 2.31. The first-order chi connectivity index (χ1) is 5.27. The molecule has 0 saturated heterocycles. The molecule has 0 aliphatic rings. The van der Waals surface area contributed by atoms with Crippen molar-refractivity contribution in [3.8, 4) is 0 Å². The van der Waals surface area contributed by atoms with Crippen LogP contribution in [-0.4, -0.2) is 17.3 Å². The van der Waals surface area contributed by atoms with E-state index in [9.17, 15) is 0 Å². The number of halogens is 1. The molecular weight excluding hydrogens is 168 g/mol. The van der Waals surface area contributed by atoms with Crippen LogP contribution in [0.4, 0.5) is 0 Å². The minimum Gasteiger partial charge on any atom is -0.421 e. The number of hydrogen-bond donors (Lipinski definition) is 0. The standard InChI is InChI=1S/C6H9ClN2O2/c1-4(10-2)6-9-8-5(3-7)11-6/h4H,3H2,1-2H3. The van der Waals surface area contributed by atoms with Crippen molar-refractivity contribution in [3.05, 3.63) is 11.8 Å². The van der Waals surface area contributed by atoms with Crippen LogP contribution in [0, 0.1) is 0 Å². The largest absolute Gasteiger partial charge is 0.421 e. The Morgan fingerprint density at radius 2 is 2.36 bits per heavy atom. The summed E-state index contributed by atoms with van der Waals surface area (Å²) in [5.41, 5.74) is 0. The van der Waals surface area contributed by atoms with Crippen LogP contribution >= 0.6 is 11.6 Å². The number of aromatic nitrogens is 2. The summed E-state index contributed by atoms with van der Waals surface area (Å²) in [6.07, 6.45) is -0.167. The van der Waals surface area contributed by atoms with Crippen LogP contribution in [0.25, 0.3) is 0 Å². The minimum atomic E-state index is -0.167. The van der Waals surface area contributed by atoms with Crippen LogP contribution in [-0.2, 0) is 10.6 Å². The Balaban J connectivity index is 2.71. The summed E-state index contributed by atoms with van der Waals surface area (Å²) in [6.45, 7) is 1.82. The highest BCUT2D eigenvalue weighted by Crippen LogP contribution is 2.13. The zero-order valence-corrected chi connectivity index (χ0v) is 7.13. The summed E-state index contributed by atoms with van der Waals surface area (Å²) >= 11 is 5.45. The first-order valence-electron chi connectivity index (χ1n) is 3.19. The molecule has 0 aliphatic carbocycles. The second kappa shape index (κ2) is 3.69. The smallest absolute Gasteiger partial charge is 0.244 e. The molecule has 1 unspecified atom stereocenters. The molecule has 11 heavy (non-hydrogen) atoms. The van der Waals surface area contributed by atoms with E-state index >= 15 is 0 Å². The second-order valence-electron chi connectivity index (χ2n) is 2.05. The Bertz CT molecular complexity index is 226. The van der Waals surface area contributed by atoms with Crippen LogP contribution < -0.4 is 0 Å². The van der Waals surface area contributed by atoms with Crippen LogP contribution in [0.5, 0.6) is 0 Å². The summed E-state index contributed by atoms with van der Waals surface area (Å²) in [5.74, 6) is 1.12. The van der Waals surface area contributed by atoms with E-state index in [2.05, 4.69) is 10.2 Å². The van der Waals surface area contributed by atoms with Crippen molar-refractivity contribution < 1.29 is 9.15 Å². The van der Waals surface area contributed by atoms with Crippen molar-refractivity contribution in [1.29, 1.82) is 0 Å². The summed E-state index contributed by atoms with van der Waals surface area (Å²) in [6, 6.07) is 0. The average Bonchev–Trinajstić information content (AvgIpc) is 2.50. The number of hydrogen-bond acceptors (Lipinski definition) is 4. The Kier molecular flexibility index (Phi) is 2.84. The Morgan fingerprint density at radius 3 is 2.82 bits per heavy atom. The maximum Gasteiger partial charge on any atom is 0.244 e. The summed E-state index contributed by atoms with van der Waals surface area (Å²) < 4.78 is 10.1. The molecule has 0 radical (unpaired) electrons. The van der Waals surface area contributed by atoms with Crippen LogP contribution in [0.2, 0.25) is 0 Å². The van der Waals surface area contributed by atoms with Crippen molar-refractivity contribution >= 4 is 11.6 Å². The zero-order valence-electron chi connectivity index (χ0n) is 6.37. The maximum absolute atomic E-state index is 5.45. The third kappa shape index (κ3) is 1.91.